The minimum Gasteiger partial charge on any atom is -0.451 e. The van der Waals surface area contributed by atoms with Gasteiger partial charge in [-0.15, -0.1) is 0 Å². The smallest absolute Gasteiger partial charge is 0.416 e. The van der Waals surface area contributed by atoms with Gasteiger partial charge in [-0.05, 0) is 30.2 Å². The Hall–Kier alpha value is -2.79. The zero-order valence-corrected chi connectivity index (χ0v) is 16.2. The average Bonchev–Trinajstić information content (AvgIpc) is 3.18. The summed E-state index contributed by atoms with van der Waals surface area (Å²) in [4.78, 5) is 16.4. The molecule has 0 saturated carbocycles. The van der Waals surface area contributed by atoms with E-state index < -0.39 is 11.7 Å². The molecule has 0 radical (unpaired) electrons. The quantitative estimate of drug-likeness (QED) is 0.762. The molecule has 1 atom stereocenters. The molecule has 1 amide bonds. The van der Waals surface area contributed by atoms with Gasteiger partial charge in [-0.1, -0.05) is 26.0 Å². The summed E-state index contributed by atoms with van der Waals surface area (Å²) in [7, 11) is 0. The topological polar surface area (TPSA) is 60.5 Å². The van der Waals surface area contributed by atoms with Crippen molar-refractivity contribution in [3.8, 4) is 17.4 Å². The number of benzene rings is 1. The van der Waals surface area contributed by atoms with Crippen LogP contribution < -0.4 is 0 Å². The van der Waals surface area contributed by atoms with E-state index in [4.69, 9.17) is 4.42 Å². The second-order valence-electron chi connectivity index (χ2n) is 7.39. The molecule has 1 fully saturated rings. The SMILES string of the molecule is CC(C)C(C#N)N1CCN(C(=O)c2ccc(-c3cccc(C(F)(F)F)c3)o2)CC1. The second-order valence-corrected chi connectivity index (χ2v) is 7.39. The fraction of sp³-hybridized carbons (Fsp3) is 0.429. The van der Waals surface area contributed by atoms with Crippen LogP contribution in [0, 0.1) is 17.2 Å². The zero-order valence-electron chi connectivity index (χ0n) is 16.2. The molecule has 1 aliphatic heterocycles. The number of rotatable bonds is 4. The van der Waals surface area contributed by atoms with Crippen LogP contribution in [-0.4, -0.2) is 47.9 Å². The number of alkyl halides is 3. The van der Waals surface area contributed by atoms with E-state index in [-0.39, 0.29) is 35.0 Å². The van der Waals surface area contributed by atoms with Crippen LogP contribution in [0.5, 0.6) is 0 Å². The third-order valence-electron chi connectivity index (χ3n) is 5.05. The minimum absolute atomic E-state index is 0.0894. The lowest BCUT2D eigenvalue weighted by atomic mass is 10.0. The number of halogens is 3. The van der Waals surface area contributed by atoms with E-state index in [0.717, 1.165) is 12.1 Å². The van der Waals surface area contributed by atoms with E-state index >= 15 is 0 Å². The van der Waals surface area contributed by atoms with Gasteiger partial charge in [-0.25, -0.2) is 0 Å². The highest BCUT2D eigenvalue weighted by Crippen LogP contribution is 2.32. The molecule has 29 heavy (non-hydrogen) atoms. The van der Waals surface area contributed by atoms with Crippen molar-refractivity contribution in [2.24, 2.45) is 5.92 Å². The molecule has 8 heteroatoms. The fourth-order valence-electron chi connectivity index (χ4n) is 3.47. The van der Waals surface area contributed by atoms with Gasteiger partial charge in [0.25, 0.3) is 5.91 Å². The van der Waals surface area contributed by atoms with Crippen molar-refractivity contribution in [1.29, 1.82) is 5.26 Å². The largest absolute Gasteiger partial charge is 0.451 e. The van der Waals surface area contributed by atoms with Crippen molar-refractivity contribution >= 4 is 5.91 Å². The second kappa shape index (κ2) is 8.29. The highest BCUT2D eigenvalue weighted by Gasteiger charge is 2.31. The number of amides is 1. The van der Waals surface area contributed by atoms with Gasteiger partial charge in [0.05, 0.1) is 11.6 Å². The predicted molar refractivity (Wildman–Crippen MR) is 101 cm³/mol. The van der Waals surface area contributed by atoms with Crippen molar-refractivity contribution in [3.63, 3.8) is 0 Å². The predicted octanol–water partition coefficient (Wildman–Crippen LogP) is 4.27. The zero-order chi connectivity index (χ0) is 21.2. The van der Waals surface area contributed by atoms with Crippen molar-refractivity contribution < 1.29 is 22.4 Å². The van der Waals surface area contributed by atoms with Crippen molar-refractivity contribution in [2.75, 3.05) is 26.2 Å². The molecular weight excluding hydrogens is 383 g/mol. The van der Waals surface area contributed by atoms with E-state index in [2.05, 4.69) is 11.0 Å². The molecule has 154 valence electrons. The molecule has 1 aromatic carbocycles. The summed E-state index contributed by atoms with van der Waals surface area (Å²) in [6.07, 6.45) is -4.45. The standard InChI is InChI=1S/C21H22F3N3O2/c1-14(2)17(13-25)26-8-10-27(11-9-26)20(28)19-7-6-18(29-19)15-4-3-5-16(12-15)21(22,23)24/h3-7,12,14,17H,8-11H2,1-2H3. The summed E-state index contributed by atoms with van der Waals surface area (Å²) < 4.78 is 44.3. The lowest BCUT2D eigenvalue weighted by Gasteiger charge is -2.37. The highest BCUT2D eigenvalue weighted by molar-refractivity contribution is 5.92. The molecule has 2 heterocycles. The number of piperazine rings is 1. The van der Waals surface area contributed by atoms with Crippen molar-refractivity contribution in [2.45, 2.75) is 26.1 Å². The first-order chi connectivity index (χ1) is 13.7. The Morgan fingerprint density at radius 1 is 1.14 bits per heavy atom. The summed E-state index contributed by atoms with van der Waals surface area (Å²) in [5.74, 6) is 0.192. The van der Waals surface area contributed by atoms with Crippen LogP contribution in [0.2, 0.25) is 0 Å². The summed E-state index contributed by atoms with van der Waals surface area (Å²) in [5.41, 5.74) is -0.509. The summed E-state index contributed by atoms with van der Waals surface area (Å²) in [6.45, 7) is 6.08. The van der Waals surface area contributed by atoms with E-state index in [1.54, 1.807) is 4.90 Å². The first-order valence-corrected chi connectivity index (χ1v) is 9.41. The number of nitriles is 1. The molecule has 2 aromatic rings. The molecule has 0 bridgehead atoms. The fourth-order valence-corrected chi connectivity index (χ4v) is 3.47. The number of hydrogen-bond donors (Lipinski definition) is 0. The van der Waals surface area contributed by atoms with Gasteiger partial charge >= 0.3 is 6.18 Å². The number of carbonyl (C=O) groups is 1. The first-order valence-electron chi connectivity index (χ1n) is 9.41. The number of furan rings is 1. The van der Waals surface area contributed by atoms with Crippen LogP contribution >= 0.6 is 0 Å². The molecular formula is C21H22F3N3O2. The van der Waals surface area contributed by atoms with Crippen LogP contribution in [0.3, 0.4) is 0 Å². The van der Waals surface area contributed by atoms with Gasteiger partial charge in [0, 0.05) is 31.7 Å². The average molecular weight is 405 g/mol. The van der Waals surface area contributed by atoms with E-state index in [0.29, 0.717) is 26.2 Å². The summed E-state index contributed by atoms with van der Waals surface area (Å²) in [6, 6.07) is 9.91. The highest BCUT2D eigenvalue weighted by atomic mass is 19.4. The van der Waals surface area contributed by atoms with Crippen molar-refractivity contribution in [3.05, 3.63) is 47.7 Å². The van der Waals surface area contributed by atoms with Crippen molar-refractivity contribution in [1.82, 2.24) is 9.80 Å². The Morgan fingerprint density at radius 2 is 1.83 bits per heavy atom. The maximum atomic E-state index is 12.9. The molecule has 1 saturated heterocycles. The number of nitrogens with zero attached hydrogens (tertiary/aromatic N) is 3. The van der Waals surface area contributed by atoms with E-state index in [9.17, 15) is 23.2 Å². The van der Waals surface area contributed by atoms with Gasteiger partial charge in [-0.2, -0.15) is 18.4 Å². The van der Waals surface area contributed by atoms with Crippen LogP contribution in [0.15, 0.2) is 40.8 Å². The Bertz CT molecular complexity index is 906. The molecule has 0 N–H and O–H groups in total. The lowest BCUT2D eigenvalue weighted by Crippen LogP contribution is -2.52. The van der Waals surface area contributed by atoms with Gasteiger partial charge in [0.15, 0.2) is 5.76 Å². The Morgan fingerprint density at radius 3 is 2.41 bits per heavy atom. The molecule has 0 spiro atoms. The molecule has 5 nitrogen and oxygen atoms in total. The van der Waals surface area contributed by atoms with Crippen LogP contribution in [0.25, 0.3) is 11.3 Å². The Balaban J connectivity index is 1.69. The minimum atomic E-state index is -4.45. The molecule has 1 aromatic heterocycles. The van der Waals surface area contributed by atoms with Gasteiger partial charge in [0.1, 0.15) is 11.8 Å². The maximum Gasteiger partial charge on any atom is 0.416 e. The van der Waals surface area contributed by atoms with Gasteiger partial charge in [0.2, 0.25) is 0 Å². The van der Waals surface area contributed by atoms with Gasteiger partial charge < -0.3 is 9.32 Å². The van der Waals surface area contributed by atoms with Crippen LogP contribution in [-0.2, 0) is 6.18 Å². The lowest BCUT2D eigenvalue weighted by molar-refractivity contribution is -0.137. The third-order valence-corrected chi connectivity index (χ3v) is 5.05. The monoisotopic (exact) mass is 405 g/mol. The molecule has 3 rings (SSSR count). The van der Waals surface area contributed by atoms with Gasteiger partial charge in [-0.3, -0.25) is 9.69 Å². The van der Waals surface area contributed by atoms with Crippen LogP contribution in [0.4, 0.5) is 13.2 Å². The summed E-state index contributed by atoms with van der Waals surface area (Å²) in [5, 5.41) is 9.32. The maximum absolute atomic E-state index is 12.9. The number of carbonyl (C=O) groups excluding carboxylic acids is 1. The molecule has 1 unspecified atom stereocenters. The molecule has 0 aliphatic carbocycles. The molecule has 1 aliphatic rings. The Labute approximate surface area is 167 Å². The Kier molecular flexibility index (Phi) is 5.99. The van der Waals surface area contributed by atoms with E-state index in [1.165, 1.54) is 24.3 Å². The third kappa shape index (κ3) is 4.62. The van der Waals surface area contributed by atoms with E-state index in [1.807, 2.05) is 13.8 Å². The van der Waals surface area contributed by atoms with Crippen LogP contribution in [0.1, 0.15) is 30.0 Å². The normalized spacial score (nSPS) is 16.7. The first kappa shape index (κ1) is 20.9. The summed E-state index contributed by atoms with van der Waals surface area (Å²) >= 11 is 0. The number of hydrogen-bond acceptors (Lipinski definition) is 4.